The van der Waals surface area contributed by atoms with Crippen LogP contribution in [0.5, 0.6) is 0 Å². The van der Waals surface area contributed by atoms with Gasteiger partial charge >= 0.3 is 0 Å². The minimum Gasteiger partial charge on any atom is -0.356 e. The average molecular weight is 403 g/mol. The molecule has 0 aliphatic carbocycles. The molecule has 0 aliphatic rings. The zero-order chi connectivity index (χ0) is 20.8. The molecule has 0 heterocycles. The van der Waals surface area contributed by atoms with Crippen molar-refractivity contribution in [2.45, 2.75) is 50.8 Å². The van der Waals surface area contributed by atoms with Gasteiger partial charge in [-0.2, -0.15) is 0 Å². The molecule has 5 nitrogen and oxygen atoms in total. The van der Waals surface area contributed by atoms with Crippen LogP contribution < -0.4 is 10.0 Å². The molecule has 6 heteroatoms. The van der Waals surface area contributed by atoms with Gasteiger partial charge in [0.1, 0.15) is 0 Å². The molecule has 0 spiro atoms. The molecule has 0 aliphatic heterocycles. The van der Waals surface area contributed by atoms with Gasteiger partial charge in [0.05, 0.1) is 4.90 Å². The second kappa shape index (κ2) is 9.34. The van der Waals surface area contributed by atoms with E-state index < -0.39 is 10.0 Å². The van der Waals surface area contributed by atoms with Crippen molar-refractivity contribution < 1.29 is 13.2 Å². The zero-order valence-corrected chi connectivity index (χ0v) is 17.9. The number of aryl methyl sites for hydroxylation is 1. The summed E-state index contributed by atoms with van der Waals surface area (Å²) in [6, 6.07) is 14.9. The van der Waals surface area contributed by atoms with Crippen LogP contribution in [0.15, 0.2) is 53.4 Å². The first-order chi connectivity index (χ1) is 13.1. The van der Waals surface area contributed by atoms with Gasteiger partial charge in [0.25, 0.3) is 0 Å². The van der Waals surface area contributed by atoms with Crippen molar-refractivity contribution in [2.75, 3.05) is 13.1 Å². The first kappa shape index (κ1) is 22.1. The number of nitrogens with one attached hydrogen (secondary N) is 2. The third kappa shape index (κ3) is 6.46. The Balaban J connectivity index is 1.78. The van der Waals surface area contributed by atoms with Gasteiger partial charge < -0.3 is 5.32 Å². The van der Waals surface area contributed by atoms with E-state index in [1.54, 1.807) is 12.1 Å². The Bertz CT molecular complexity index is 898. The summed E-state index contributed by atoms with van der Waals surface area (Å²) in [6.45, 7) is 8.87. The van der Waals surface area contributed by atoms with Crippen LogP contribution in [0.3, 0.4) is 0 Å². The first-order valence-corrected chi connectivity index (χ1v) is 11.0. The molecule has 0 atom stereocenters. The third-order valence-corrected chi connectivity index (χ3v) is 6.13. The number of hydrogen-bond acceptors (Lipinski definition) is 3. The van der Waals surface area contributed by atoms with Crippen LogP contribution in [0.1, 0.15) is 43.9 Å². The molecule has 0 unspecified atom stereocenters. The molecule has 2 aromatic carbocycles. The van der Waals surface area contributed by atoms with E-state index in [2.05, 4.69) is 30.8 Å². The van der Waals surface area contributed by atoms with Gasteiger partial charge in [-0.15, -0.1) is 0 Å². The van der Waals surface area contributed by atoms with E-state index in [4.69, 9.17) is 0 Å². The predicted octanol–water partition coefficient (Wildman–Crippen LogP) is 3.32. The van der Waals surface area contributed by atoms with Crippen LogP contribution in [0.4, 0.5) is 0 Å². The topological polar surface area (TPSA) is 75.3 Å². The molecule has 2 rings (SSSR count). The Labute approximate surface area is 168 Å². The summed E-state index contributed by atoms with van der Waals surface area (Å²) in [5, 5.41) is 2.83. The van der Waals surface area contributed by atoms with Gasteiger partial charge in [-0.1, -0.05) is 57.2 Å². The summed E-state index contributed by atoms with van der Waals surface area (Å²) in [6.07, 6.45) is 0.858. The molecule has 0 bridgehead atoms. The number of carbonyl (C=O) groups is 1. The van der Waals surface area contributed by atoms with Gasteiger partial charge in [-0.05, 0) is 47.6 Å². The molecule has 0 saturated carbocycles. The molecule has 1 amide bonds. The van der Waals surface area contributed by atoms with Crippen LogP contribution in [0.2, 0.25) is 0 Å². The Kier molecular flexibility index (Phi) is 7.38. The van der Waals surface area contributed by atoms with E-state index in [1.165, 1.54) is 11.1 Å². The van der Waals surface area contributed by atoms with Crippen molar-refractivity contribution in [2.24, 2.45) is 0 Å². The Morgan fingerprint density at radius 3 is 2.21 bits per heavy atom. The minimum atomic E-state index is -3.62. The van der Waals surface area contributed by atoms with Crippen molar-refractivity contribution >= 4 is 15.9 Å². The molecule has 0 radical (unpaired) electrons. The molecule has 0 saturated heterocycles. The lowest BCUT2D eigenvalue weighted by atomic mass is 9.87. The van der Waals surface area contributed by atoms with Crippen LogP contribution in [0, 0.1) is 6.92 Å². The van der Waals surface area contributed by atoms with Gasteiger partial charge in [0.15, 0.2) is 0 Å². The standard InChI is InChI=1S/C22H30N2O3S/c1-17-7-5-6-8-18(17)13-15-23-21(25)14-16-24-28(26,27)20-11-9-19(10-12-20)22(2,3)4/h5-12,24H,13-16H2,1-4H3,(H,23,25). The van der Waals surface area contributed by atoms with E-state index in [0.29, 0.717) is 6.54 Å². The largest absolute Gasteiger partial charge is 0.356 e. The van der Waals surface area contributed by atoms with Crippen LogP contribution in [0.25, 0.3) is 0 Å². The molecular formula is C22H30N2O3S. The number of benzene rings is 2. The van der Waals surface area contributed by atoms with Crippen molar-refractivity contribution in [3.8, 4) is 0 Å². The Hall–Kier alpha value is -2.18. The molecule has 2 aromatic rings. The lowest BCUT2D eigenvalue weighted by Crippen LogP contribution is -2.31. The van der Waals surface area contributed by atoms with Crippen LogP contribution in [-0.2, 0) is 26.7 Å². The Morgan fingerprint density at radius 1 is 0.964 bits per heavy atom. The fourth-order valence-electron chi connectivity index (χ4n) is 2.83. The highest BCUT2D eigenvalue weighted by Gasteiger charge is 2.17. The van der Waals surface area contributed by atoms with Crippen LogP contribution >= 0.6 is 0 Å². The van der Waals surface area contributed by atoms with E-state index >= 15 is 0 Å². The second-order valence-corrected chi connectivity index (χ2v) is 9.72. The maximum absolute atomic E-state index is 12.4. The van der Waals surface area contributed by atoms with Crippen LogP contribution in [-0.4, -0.2) is 27.4 Å². The van der Waals surface area contributed by atoms with Gasteiger partial charge in [-0.3, -0.25) is 4.79 Å². The van der Waals surface area contributed by atoms with Crippen molar-refractivity contribution in [1.82, 2.24) is 10.0 Å². The van der Waals surface area contributed by atoms with E-state index in [0.717, 1.165) is 12.0 Å². The molecule has 0 aromatic heterocycles. The number of hydrogen-bond donors (Lipinski definition) is 2. The van der Waals surface area contributed by atoms with E-state index in [-0.39, 0.29) is 29.2 Å². The monoisotopic (exact) mass is 402 g/mol. The molecule has 0 fully saturated rings. The molecule has 152 valence electrons. The second-order valence-electron chi connectivity index (χ2n) is 7.95. The third-order valence-electron chi connectivity index (χ3n) is 4.65. The first-order valence-electron chi connectivity index (χ1n) is 9.51. The summed E-state index contributed by atoms with van der Waals surface area (Å²) in [7, 11) is -3.62. The predicted molar refractivity (Wildman–Crippen MR) is 113 cm³/mol. The maximum Gasteiger partial charge on any atom is 0.240 e. The zero-order valence-electron chi connectivity index (χ0n) is 17.1. The molecule has 2 N–H and O–H groups in total. The minimum absolute atomic E-state index is 0.0356. The van der Waals surface area contributed by atoms with Crippen molar-refractivity contribution in [3.05, 3.63) is 65.2 Å². The quantitative estimate of drug-likeness (QED) is 0.711. The number of carbonyl (C=O) groups excluding carboxylic acids is 1. The average Bonchev–Trinajstić information content (AvgIpc) is 2.62. The van der Waals surface area contributed by atoms with Crippen molar-refractivity contribution in [1.29, 1.82) is 0 Å². The summed E-state index contributed by atoms with van der Waals surface area (Å²) < 4.78 is 27.2. The summed E-state index contributed by atoms with van der Waals surface area (Å²) in [4.78, 5) is 12.2. The molecular weight excluding hydrogens is 372 g/mol. The highest BCUT2D eigenvalue weighted by Crippen LogP contribution is 2.23. The summed E-state index contributed by atoms with van der Waals surface area (Å²) in [5.41, 5.74) is 3.43. The van der Waals surface area contributed by atoms with E-state index in [1.807, 2.05) is 43.3 Å². The lowest BCUT2D eigenvalue weighted by Gasteiger charge is -2.19. The number of amides is 1. The maximum atomic E-state index is 12.4. The highest BCUT2D eigenvalue weighted by atomic mass is 32.2. The van der Waals surface area contributed by atoms with Gasteiger partial charge in [0.2, 0.25) is 15.9 Å². The van der Waals surface area contributed by atoms with Gasteiger partial charge in [0, 0.05) is 19.5 Å². The van der Waals surface area contributed by atoms with Crippen molar-refractivity contribution in [3.63, 3.8) is 0 Å². The number of sulfonamides is 1. The SMILES string of the molecule is Cc1ccccc1CCNC(=O)CCNS(=O)(=O)c1ccc(C(C)(C)C)cc1. The fraction of sp³-hybridized carbons (Fsp3) is 0.409. The van der Waals surface area contributed by atoms with E-state index in [9.17, 15) is 13.2 Å². The lowest BCUT2D eigenvalue weighted by molar-refractivity contribution is -0.120. The molecule has 28 heavy (non-hydrogen) atoms. The smallest absolute Gasteiger partial charge is 0.240 e. The Morgan fingerprint density at radius 2 is 1.61 bits per heavy atom. The highest BCUT2D eigenvalue weighted by molar-refractivity contribution is 7.89. The normalized spacial score (nSPS) is 12.0. The van der Waals surface area contributed by atoms with Gasteiger partial charge in [-0.25, -0.2) is 13.1 Å². The number of rotatable bonds is 8. The summed E-state index contributed by atoms with van der Waals surface area (Å²) in [5.74, 6) is -0.167. The summed E-state index contributed by atoms with van der Waals surface area (Å²) >= 11 is 0. The fourth-order valence-corrected chi connectivity index (χ4v) is 3.86.